The third-order valence-corrected chi connectivity index (χ3v) is 7.38. The van der Waals surface area contributed by atoms with Crippen molar-refractivity contribution in [2.24, 2.45) is 17.8 Å². The molecular weight excluding hydrogens is 447 g/mol. The molecule has 3 aliphatic carbocycles. The summed E-state index contributed by atoms with van der Waals surface area (Å²) in [4.78, 5) is 26.3. The Bertz CT molecular complexity index is 1380. The third kappa shape index (κ3) is 3.20. The van der Waals surface area contributed by atoms with Crippen LogP contribution in [0.3, 0.4) is 0 Å². The fourth-order valence-electron chi connectivity index (χ4n) is 5.77. The largest absolute Gasteiger partial charge is 0.466 e. The van der Waals surface area contributed by atoms with Gasteiger partial charge < -0.3 is 9.30 Å². The number of aromatic amines is 1. The number of halogens is 2. The van der Waals surface area contributed by atoms with Crippen molar-refractivity contribution in [3.63, 3.8) is 0 Å². The second-order valence-corrected chi connectivity index (χ2v) is 9.32. The minimum atomic E-state index is -0.403. The maximum Gasteiger partial charge on any atom is 0.311 e. The number of esters is 1. The summed E-state index contributed by atoms with van der Waals surface area (Å²) in [5.74, 6) is -0.0307. The van der Waals surface area contributed by atoms with E-state index in [9.17, 15) is 9.18 Å². The van der Waals surface area contributed by atoms with Crippen molar-refractivity contribution in [2.45, 2.75) is 38.6 Å². The van der Waals surface area contributed by atoms with Gasteiger partial charge in [-0.2, -0.15) is 5.10 Å². The predicted molar refractivity (Wildman–Crippen MR) is 120 cm³/mol. The molecule has 4 aromatic heterocycles. The Balaban J connectivity index is 1.50. The Kier molecular flexibility index (Phi) is 4.83. The smallest absolute Gasteiger partial charge is 0.311 e. The van der Waals surface area contributed by atoms with E-state index in [1.807, 2.05) is 11.5 Å². The first-order valence-corrected chi connectivity index (χ1v) is 11.6. The van der Waals surface area contributed by atoms with Gasteiger partial charge in [-0.1, -0.05) is 11.6 Å². The minimum absolute atomic E-state index is 0.194. The van der Waals surface area contributed by atoms with Gasteiger partial charge in [-0.05, 0) is 50.5 Å². The molecule has 170 valence electrons. The molecule has 3 saturated carbocycles. The Labute approximate surface area is 193 Å². The van der Waals surface area contributed by atoms with Crippen molar-refractivity contribution in [3.05, 3.63) is 35.5 Å². The van der Waals surface area contributed by atoms with Gasteiger partial charge in [0.25, 0.3) is 0 Å². The lowest BCUT2D eigenvalue weighted by atomic mass is 9.61. The SMILES string of the molecule is CCOC(=O)C1C2CCC(CC2)C1n1cc(F)c2cnc(-c3[nH]nc4ncc(Cl)cc34)nc21. The zero-order chi connectivity index (χ0) is 22.7. The number of ether oxygens (including phenoxy) is 1. The summed E-state index contributed by atoms with van der Waals surface area (Å²) in [6.45, 7) is 2.14. The van der Waals surface area contributed by atoms with Crippen LogP contribution in [-0.2, 0) is 9.53 Å². The van der Waals surface area contributed by atoms with Gasteiger partial charge in [0.1, 0.15) is 11.3 Å². The maximum atomic E-state index is 15.0. The van der Waals surface area contributed by atoms with Crippen LogP contribution in [-0.4, -0.2) is 42.3 Å². The van der Waals surface area contributed by atoms with Crippen LogP contribution in [0.1, 0.15) is 38.6 Å². The fraction of sp³-hybridized carbons (Fsp3) is 0.435. The van der Waals surface area contributed by atoms with Crippen LogP contribution in [0, 0.1) is 23.6 Å². The summed E-state index contributed by atoms with van der Waals surface area (Å²) in [6, 6.07) is 1.55. The number of nitrogens with zero attached hydrogens (tertiary/aromatic N) is 5. The molecule has 0 amide bonds. The number of fused-ring (bicyclic) bond motifs is 5. The zero-order valence-corrected chi connectivity index (χ0v) is 18.7. The van der Waals surface area contributed by atoms with Gasteiger partial charge >= 0.3 is 5.97 Å². The first kappa shape index (κ1) is 20.5. The molecule has 2 bridgehead atoms. The molecule has 8 nitrogen and oxygen atoms in total. The van der Waals surface area contributed by atoms with E-state index in [1.54, 1.807) is 6.07 Å². The van der Waals surface area contributed by atoms with Gasteiger partial charge in [0, 0.05) is 18.6 Å². The van der Waals surface area contributed by atoms with Gasteiger partial charge in [-0.3, -0.25) is 9.89 Å². The van der Waals surface area contributed by atoms with Crippen LogP contribution < -0.4 is 0 Å². The number of pyridine rings is 1. The number of rotatable bonds is 4. The lowest BCUT2D eigenvalue weighted by Crippen LogP contribution is -2.45. The summed E-state index contributed by atoms with van der Waals surface area (Å²) >= 11 is 6.13. The standard InChI is InChI=1S/C23H22ClFN6O2/c1-2-33-23(32)17-11-3-5-12(6-4-11)19(17)31-10-16(25)15-9-27-21(28-22(15)31)18-14-7-13(24)8-26-20(14)30-29-18/h7-12,17,19H,2-6H2,1H3,(H,26,29,30). The van der Waals surface area contributed by atoms with Crippen LogP contribution in [0.15, 0.2) is 24.7 Å². The molecule has 0 aliphatic heterocycles. The highest BCUT2D eigenvalue weighted by atomic mass is 35.5. The third-order valence-electron chi connectivity index (χ3n) is 7.18. The lowest BCUT2D eigenvalue weighted by molar-refractivity contribution is -0.157. The first-order valence-electron chi connectivity index (χ1n) is 11.2. The average Bonchev–Trinajstić information content (AvgIpc) is 3.39. The molecule has 0 spiro atoms. The lowest BCUT2D eigenvalue weighted by Gasteiger charge is -2.47. The number of carbonyl (C=O) groups is 1. The second-order valence-electron chi connectivity index (χ2n) is 8.88. The molecule has 4 aromatic rings. The monoisotopic (exact) mass is 468 g/mol. The summed E-state index contributed by atoms with van der Waals surface area (Å²) in [6.07, 6.45) is 8.49. The Morgan fingerprint density at radius 3 is 2.79 bits per heavy atom. The minimum Gasteiger partial charge on any atom is -0.466 e. The summed E-state index contributed by atoms with van der Waals surface area (Å²) < 4.78 is 22.3. The molecule has 2 unspecified atom stereocenters. The molecule has 1 N–H and O–H groups in total. The van der Waals surface area contributed by atoms with Gasteiger partial charge in [0.05, 0.1) is 34.4 Å². The van der Waals surface area contributed by atoms with Crippen molar-refractivity contribution in [3.8, 4) is 11.5 Å². The van der Waals surface area contributed by atoms with Crippen LogP contribution >= 0.6 is 11.6 Å². The van der Waals surface area contributed by atoms with Gasteiger partial charge in [0.2, 0.25) is 0 Å². The van der Waals surface area contributed by atoms with E-state index in [-0.39, 0.29) is 29.8 Å². The van der Waals surface area contributed by atoms with Gasteiger partial charge in [-0.15, -0.1) is 0 Å². The van der Waals surface area contributed by atoms with E-state index in [4.69, 9.17) is 21.3 Å². The number of H-pyrrole nitrogens is 1. The van der Waals surface area contributed by atoms with Gasteiger partial charge in [-0.25, -0.2) is 19.3 Å². The quantitative estimate of drug-likeness (QED) is 0.436. The summed E-state index contributed by atoms with van der Waals surface area (Å²) in [7, 11) is 0. The average molecular weight is 469 g/mol. The Morgan fingerprint density at radius 1 is 1.21 bits per heavy atom. The molecule has 3 fully saturated rings. The van der Waals surface area contributed by atoms with E-state index in [1.165, 1.54) is 18.6 Å². The predicted octanol–water partition coefficient (Wildman–Crippen LogP) is 4.70. The summed E-state index contributed by atoms with van der Waals surface area (Å²) in [5, 5.41) is 8.60. The molecular formula is C23H22ClFN6O2. The van der Waals surface area contributed by atoms with Crippen molar-refractivity contribution >= 4 is 39.6 Å². The molecule has 0 aromatic carbocycles. The van der Waals surface area contributed by atoms with Gasteiger partial charge in [0.15, 0.2) is 17.3 Å². The molecule has 0 saturated heterocycles. The number of hydrogen-bond donors (Lipinski definition) is 1. The number of nitrogens with one attached hydrogen (secondary N) is 1. The van der Waals surface area contributed by atoms with Crippen LogP contribution in [0.5, 0.6) is 0 Å². The summed E-state index contributed by atoms with van der Waals surface area (Å²) in [5.41, 5.74) is 1.51. The highest BCUT2D eigenvalue weighted by Crippen LogP contribution is 2.52. The van der Waals surface area contributed by atoms with E-state index in [2.05, 4.69) is 20.2 Å². The molecule has 7 rings (SSSR count). The van der Waals surface area contributed by atoms with E-state index in [0.717, 1.165) is 25.7 Å². The highest BCUT2D eigenvalue weighted by Gasteiger charge is 2.49. The Hall–Kier alpha value is -3.07. The molecule has 0 radical (unpaired) electrons. The number of aromatic nitrogens is 6. The number of carbonyl (C=O) groups excluding carboxylic acids is 1. The first-order chi connectivity index (χ1) is 16.0. The second kappa shape index (κ2) is 7.76. The van der Waals surface area contributed by atoms with Crippen molar-refractivity contribution in [2.75, 3.05) is 6.61 Å². The van der Waals surface area contributed by atoms with Crippen molar-refractivity contribution in [1.29, 1.82) is 0 Å². The normalized spacial score (nSPS) is 24.6. The van der Waals surface area contributed by atoms with Crippen LogP contribution in [0.25, 0.3) is 33.6 Å². The van der Waals surface area contributed by atoms with E-state index >= 15 is 0 Å². The van der Waals surface area contributed by atoms with Crippen molar-refractivity contribution in [1.82, 2.24) is 29.7 Å². The zero-order valence-electron chi connectivity index (χ0n) is 18.0. The Morgan fingerprint density at radius 2 is 2.00 bits per heavy atom. The van der Waals surface area contributed by atoms with Crippen LogP contribution in [0.2, 0.25) is 5.02 Å². The molecule has 3 aliphatic rings. The molecule has 33 heavy (non-hydrogen) atoms. The molecule has 2 atom stereocenters. The van der Waals surface area contributed by atoms with E-state index < -0.39 is 5.82 Å². The highest BCUT2D eigenvalue weighted by molar-refractivity contribution is 6.31. The van der Waals surface area contributed by atoms with E-state index in [0.29, 0.717) is 45.2 Å². The topological polar surface area (TPSA) is 98.6 Å². The number of hydrogen-bond acceptors (Lipinski definition) is 6. The van der Waals surface area contributed by atoms with Crippen LogP contribution in [0.4, 0.5) is 4.39 Å². The fourth-order valence-corrected chi connectivity index (χ4v) is 5.93. The molecule has 10 heteroatoms. The van der Waals surface area contributed by atoms with Crippen molar-refractivity contribution < 1.29 is 13.9 Å². The maximum absolute atomic E-state index is 15.0. The molecule has 4 heterocycles.